The van der Waals surface area contributed by atoms with Crippen LogP contribution in [0.5, 0.6) is 0 Å². The van der Waals surface area contributed by atoms with E-state index in [9.17, 15) is 19.5 Å². The lowest BCUT2D eigenvalue weighted by Crippen LogP contribution is -2.61. The first-order valence-corrected chi connectivity index (χ1v) is 15.1. The molecule has 0 bridgehead atoms. The topological polar surface area (TPSA) is 81.2 Å². The van der Waals surface area contributed by atoms with Crippen LogP contribution >= 0.6 is 11.8 Å². The lowest BCUT2D eigenvalue weighted by molar-refractivity contribution is -0.150. The molecule has 2 saturated heterocycles. The minimum absolute atomic E-state index is 0.00489. The third-order valence-corrected chi connectivity index (χ3v) is 10.4. The van der Waals surface area contributed by atoms with Gasteiger partial charge in [0.25, 0.3) is 0 Å². The highest BCUT2D eigenvalue weighted by molar-refractivity contribution is 8.02. The molecule has 0 aromatic carbocycles. The molecule has 0 aromatic rings. The fourth-order valence-corrected chi connectivity index (χ4v) is 9.51. The Morgan fingerprint density at radius 3 is 2.32 bits per heavy atom. The van der Waals surface area contributed by atoms with Crippen LogP contribution in [0.2, 0.25) is 0 Å². The third kappa shape index (κ3) is 4.74. The first-order valence-electron chi connectivity index (χ1n) is 14.3. The Morgan fingerprint density at radius 2 is 1.74 bits per heavy atom. The number of nitrogens with zero attached hydrogens (tertiary/aromatic N) is 3. The van der Waals surface area contributed by atoms with Crippen LogP contribution in [0.25, 0.3) is 0 Å². The van der Waals surface area contributed by atoms with Gasteiger partial charge in [-0.1, -0.05) is 65.8 Å². The average molecular weight is 546 g/mol. The van der Waals surface area contributed by atoms with Gasteiger partial charge in [-0.2, -0.15) is 0 Å². The van der Waals surface area contributed by atoms with E-state index in [1.807, 2.05) is 35.8 Å². The highest BCUT2D eigenvalue weighted by atomic mass is 32.2. The van der Waals surface area contributed by atoms with Gasteiger partial charge in [-0.15, -0.1) is 11.8 Å². The number of carbonyl (C=O) groups is 3. The van der Waals surface area contributed by atoms with Gasteiger partial charge in [-0.05, 0) is 38.0 Å². The number of thioether (sulfide) groups is 1. The molecule has 4 rings (SSSR count). The summed E-state index contributed by atoms with van der Waals surface area (Å²) in [6.45, 7) is 18.2. The van der Waals surface area contributed by atoms with E-state index in [2.05, 4.69) is 53.7 Å². The second kappa shape index (κ2) is 10.3. The summed E-state index contributed by atoms with van der Waals surface area (Å²) in [5, 5.41) is 10.3. The van der Waals surface area contributed by atoms with Crippen molar-refractivity contribution in [2.24, 2.45) is 23.2 Å². The molecule has 1 N–H and O–H groups in total. The summed E-state index contributed by atoms with van der Waals surface area (Å²) in [6, 6.07) is -1.27. The molecule has 38 heavy (non-hydrogen) atoms. The minimum atomic E-state index is -0.854. The smallest absolute Gasteiger partial charge is 0.247 e. The molecule has 2 fully saturated rings. The zero-order valence-electron chi connectivity index (χ0n) is 24.4. The molecule has 7 nitrogen and oxygen atoms in total. The number of hydrogen-bond acceptors (Lipinski definition) is 5. The molecular weight excluding hydrogens is 498 g/mol. The summed E-state index contributed by atoms with van der Waals surface area (Å²) in [6.07, 6.45) is 9.90. The van der Waals surface area contributed by atoms with Gasteiger partial charge in [0.1, 0.15) is 6.04 Å². The standard InChI is InChI=1S/C30H47N3O4S/c1-9-14-31-15-10-12-21-22(25(31)35)23-26(36)33(20(17-34)19(2)3)24-27(37)32(16-11-13-30(23,24)38-21)29(7,8)18-28(4,5)6/h10-13,19-24,34H,9,14-18H2,1-8H3/t20-,21+,22-,23-,24?,30-/m0/s1. The van der Waals surface area contributed by atoms with Gasteiger partial charge < -0.3 is 19.8 Å². The van der Waals surface area contributed by atoms with Gasteiger partial charge in [-0.25, -0.2) is 0 Å². The Balaban J connectivity index is 1.86. The lowest BCUT2D eigenvalue weighted by atomic mass is 9.77. The number of amides is 3. The number of rotatable bonds is 7. The molecule has 1 unspecified atom stereocenters. The SMILES string of the molecule is CCCN1CC=C[C@H]2S[C@]34C=CCN(C(C)(C)CC(C)(C)C)C(=O)C3N([C@@H](CO)C(C)C)C(=O)[C@@H]4[C@H]2C1=O. The summed E-state index contributed by atoms with van der Waals surface area (Å²) < 4.78 is -0.854. The number of carbonyl (C=O) groups excluding carboxylic acids is 3. The Morgan fingerprint density at radius 1 is 1.05 bits per heavy atom. The summed E-state index contributed by atoms with van der Waals surface area (Å²) in [7, 11) is 0. The van der Waals surface area contributed by atoms with E-state index >= 15 is 0 Å². The molecular formula is C30H47N3O4S. The molecule has 212 valence electrons. The number of likely N-dealkylation sites (tertiary alicyclic amines) is 1. The molecule has 0 aliphatic carbocycles. The predicted molar refractivity (Wildman–Crippen MR) is 152 cm³/mol. The Labute approximate surface area is 233 Å². The molecule has 3 amide bonds. The van der Waals surface area contributed by atoms with Crippen LogP contribution in [-0.4, -0.2) is 91.4 Å². The third-order valence-electron chi connectivity index (χ3n) is 8.68. The van der Waals surface area contributed by atoms with Crippen molar-refractivity contribution in [3.8, 4) is 0 Å². The van der Waals surface area contributed by atoms with Crippen LogP contribution in [0.15, 0.2) is 24.3 Å². The highest BCUT2D eigenvalue weighted by Crippen LogP contribution is 2.61. The second-order valence-corrected chi connectivity index (χ2v) is 15.2. The number of aliphatic hydroxyl groups excluding tert-OH is 1. The maximum atomic E-state index is 14.7. The van der Waals surface area contributed by atoms with E-state index < -0.39 is 34.2 Å². The first kappa shape index (κ1) is 29.2. The highest BCUT2D eigenvalue weighted by Gasteiger charge is 2.72. The predicted octanol–water partition coefficient (Wildman–Crippen LogP) is 3.72. The quantitative estimate of drug-likeness (QED) is 0.493. The number of hydrogen-bond donors (Lipinski definition) is 1. The zero-order chi connectivity index (χ0) is 28.2. The van der Waals surface area contributed by atoms with E-state index in [0.717, 1.165) is 12.8 Å². The minimum Gasteiger partial charge on any atom is -0.394 e. The van der Waals surface area contributed by atoms with E-state index in [1.165, 1.54) is 0 Å². The number of fused-ring (bicyclic) bond motifs is 2. The van der Waals surface area contributed by atoms with Crippen LogP contribution in [0.4, 0.5) is 0 Å². The van der Waals surface area contributed by atoms with Crippen molar-refractivity contribution in [3.05, 3.63) is 24.3 Å². The normalized spacial score (nSPS) is 32.5. The summed E-state index contributed by atoms with van der Waals surface area (Å²) in [5.41, 5.74) is -0.433. The van der Waals surface area contributed by atoms with Crippen molar-refractivity contribution < 1.29 is 19.5 Å². The van der Waals surface area contributed by atoms with Gasteiger partial charge in [0, 0.05) is 30.4 Å². The van der Waals surface area contributed by atoms with Crippen molar-refractivity contribution in [3.63, 3.8) is 0 Å². The van der Waals surface area contributed by atoms with Gasteiger partial charge in [0.2, 0.25) is 17.7 Å². The maximum Gasteiger partial charge on any atom is 0.247 e. The van der Waals surface area contributed by atoms with Gasteiger partial charge in [0.05, 0.1) is 29.2 Å². The molecule has 8 heteroatoms. The van der Waals surface area contributed by atoms with Crippen molar-refractivity contribution in [1.29, 1.82) is 0 Å². The van der Waals surface area contributed by atoms with Gasteiger partial charge in [-0.3, -0.25) is 14.4 Å². The van der Waals surface area contributed by atoms with Crippen LogP contribution in [0.3, 0.4) is 0 Å². The van der Waals surface area contributed by atoms with Crippen LogP contribution in [0.1, 0.15) is 68.2 Å². The van der Waals surface area contributed by atoms with Crippen molar-refractivity contribution in [1.82, 2.24) is 14.7 Å². The molecule has 0 aromatic heterocycles. The summed E-state index contributed by atoms with van der Waals surface area (Å²) >= 11 is 1.61. The summed E-state index contributed by atoms with van der Waals surface area (Å²) in [4.78, 5) is 48.6. The Kier molecular flexibility index (Phi) is 7.92. The van der Waals surface area contributed by atoms with Crippen LogP contribution in [0, 0.1) is 23.2 Å². The van der Waals surface area contributed by atoms with Gasteiger partial charge in [0.15, 0.2) is 0 Å². The molecule has 0 saturated carbocycles. The maximum absolute atomic E-state index is 14.7. The van der Waals surface area contributed by atoms with Crippen molar-refractivity contribution >= 4 is 29.5 Å². The lowest BCUT2D eigenvalue weighted by Gasteiger charge is -2.45. The summed E-state index contributed by atoms with van der Waals surface area (Å²) in [5.74, 6) is -1.45. The largest absolute Gasteiger partial charge is 0.394 e. The molecule has 0 radical (unpaired) electrons. The molecule has 4 aliphatic heterocycles. The Hall–Kier alpha value is -1.80. The monoisotopic (exact) mass is 545 g/mol. The molecule has 6 atom stereocenters. The molecule has 4 heterocycles. The van der Waals surface area contributed by atoms with Crippen molar-refractivity contribution in [2.75, 3.05) is 26.2 Å². The fraction of sp³-hybridized carbons (Fsp3) is 0.767. The Bertz CT molecular complexity index is 1020. The van der Waals surface area contributed by atoms with Gasteiger partial charge >= 0.3 is 0 Å². The average Bonchev–Trinajstić information content (AvgIpc) is 3.10. The van der Waals surface area contributed by atoms with E-state index in [-0.39, 0.29) is 40.9 Å². The van der Waals surface area contributed by atoms with Crippen molar-refractivity contribution in [2.45, 2.75) is 95.9 Å². The fourth-order valence-electron chi connectivity index (χ4n) is 7.52. The van der Waals surface area contributed by atoms with Crippen LogP contribution < -0.4 is 0 Å². The molecule has 1 spiro atoms. The zero-order valence-corrected chi connectivity index (χ0v) is 25.3. The molecule has 4 aliphatic rings. The van der Waals surface area contributed by atoms with E-state index in [0.29, 0.717) is 19.6 Å². The van der Waals surface area contributed by atoms with E-state index in [1.54, 1.807) is 16.7 Å². The number of aliphatic hydroxyl groups is 1. The van der Waals surface area contributed by atoms with E-state index in [4.69, 9.17) is 0 Å². The first-order chi connectivity index (χ1) is 17.7. The second-order valence-electron chi connectivity index (χ2n) is 13.7. The van der Waals surface area contributed by atoms with Crippen LogP contribution in [-0.2, 0) is 14.4 Å².